The summed E-state index contributed by atoms with van der Waals surface area (Å²) in [6.07, 6.45) is 1.74. The van der Waals surface area contributed by atoms with Gasteiger partial charge in [-0.25, -0.2) is 0 Å². The first kappa shape index (κ1) is 23.1. The highest BCUT2D eigenvalue weighted by atomic mass is 32.2. The van der Waals surface area contributed by atoms with Gasteiger partial charge in [0.25, 0.3) is 0 Å². The molecule has 1 saturated carbocycles. The summed E-state index contributed by atoms with van der Waals surface area (Å²) in [6.45, 7) is 11.1. The SMILES string of the molecule is COc1ccc(CS(=O)[C@H]2C[C@@H](O[Si](C)(C)C(C)(C)C)CCC2=O)cc1OC. The Hall–Kier alpha value is -1.18. The van der Waals surface area contributed by atoms with Crippen LogP contribution in [0.2, 0.25) is 18.1 Å². The first-order valence-electron chi connectivity index (χ1n) is 9.77. The number of hydrogen-bond donors (Lipinski definition) is 0. The molecule has 5 nitrogen and oxygen atoms in total. The summed E-state index contributed by atoms with van der Waals surface area (Å²) < 4.78 is 30.1. The van der Waals surface area contributed by atoms with E-state index in [0.717, 1.165) is 12.0 Å². The molecule has 1 aromatic rings. The topological polar surface area (TPSA) is 61.8 Å². The van der Waals surface area contributed by atoms with E-state index in [4.69, 9.17) is 13.9 Å². The summed E-state index contributed by atoms with van der Waals surface area (Å²) in [7, 11) is -0.0458. The predicted octanol–water partition coefficient (Wildman–Crippen LogP) is 4.46. The average molecular weight is 427 g/mol. The van der Waals surface area contributed by atoms with E-state index in [-0.39, 0.29) is 16.9 Å². The Bertz CT molecular complexity index is 726. The summed E-state index contributed by atoms with van der Waals surface area (Å²) in [6, 6.07) is 5.50. The number of methoxy groups -OCH3 is 2. The van der Waals surface area contributed by atoms with E-state index < -0.39 is 24.4 Å². The Morgan fingerprint density at radius 1 is 1.14 bits per heavy atom. The van der Waals surface area contributed by atoms with Crippen LogP contribution < -0.4 is 9.47 Å². The first-order valence-corrected chi connectivity index (χ1v) is 14.1. The molecule has 1 aliphatic carbocycles. The largest absolute Gasteiger partial charge is 0.493 e. The maximum Gasteiger partial charge on any atom is 0.192 e. The standard InChI is InChI=1S/C21H34O5SSi/c1-21(2,3)28(6,7)26-16-9-10-17(22)20(13-16)27(23)14-15-8-11-18(24-4)19(12-15)25-5/h8,11-12,16,20H,9-10,13-14H2,1-7H3/t16-,20-,27?/m0/s1. The van der Waals surface area contributed by atoms with Crippen LogP contribution in [0.1, 0.15) is 45.6 Å². The fraction of sp³-hybridized carbons (Fsp3) is 0.667. The zero-order valence-electron chi connectivity index (χ0n) is 18.2. The number of ketones is 1. The molecule has 2 rings (SSSR count). The summed E-state index contributed by atoms with van der Waals surface area (Å²) in [5, 5.41) is -0.348. The van der Waals surface area contributed by atoms with E-state index >= 15 is 0 Å². The van der Waals surface area contributed by atoms with Gasteiger partial charge < -0.3 is 13.9 Å². The van der Waals surface area contributed by atoms with Gasteiger partial charge in [-0.3, -0.25) is 9.00 Å². The van der Waals surface area contributed by atoms with E-state index in [1.54, 1.807) is 20.3 Å². The Balaban J connectivity index is 2.08. The van der Waals surface area contributed by atoms with Gasteiger partial charge in [-0.2, -0.15) is 0 Å². The Kier molecular flexibility index (Phi) is 7.50. The minimum absolute atomic E-state index is 0.0120. The highest BCUT2D eigenvalue weighted by molar-refractivity contribution is 7.85. The van der Waals surface area contributed by atoms with Crippen molar-refractivity contribution in [1.29, 1.82) is 0 Å². The highest BCUT2D eigenvalue weighted by Crippen LogP contribution is 2.39. The van der Waals surface area contributed by atoms with E-state index in [9.17, 15) is 9.00 Å². The molecule has 28 heavy (non-hydrogen) atoms. The summed E-state index contributed by atoms with van der Waals surface area (Å²) in [4.78, 5) is 12.5. The Morgan fingerprint density at radius 3 is 2.36 bits per heavy atom. The van der Waals surface area contributed by atoms with Crippen molar-refractivity contribution in [2.45, 2.75) is 75.3 Å². The van der Waals surface area contributed by atoms with Crippen molar-refractivity contribution < 1.29 is 22.9 Å². The van der Waals surface area contributed by atoms with E-state index in [1.807, 2.05) is 12.1 Å². The molecule has 0 aliphatic heterocycles. The summed E-state index contributed by atoms with van der Waals surface area (Å²) in [5.41, 5.74) is 0.872. The number of Topliss-reactive ketones (excluding diaryl/α,β-unsaturated/α-hetero) is 1. The number of ether oxygens (including phenoxy) is 2. The van der Waals surface area contributed by atoms with Gasteiger partial charge in [0.1, 0.15) is 5.78 Å². The number of hydrogen-bond acceptors (Lipinski definition) is 5. The minimum Gasteiger partial charge on any atom is -0.493 e. The second kappa shape index (κ2) is 9.09. The van der Waals surface area contributed by atoms with Crippen molar-refractivity contribution in [3.05, 3.63) is 23.8 Å². The van der Waals surface area contributed by atoms with Crippen LogP contribution in [0.5, 0.6) is 11.5 Å². The third kappa shape index (κ3) is 5.45. The van der Waals surface area contributed by atoms with Gasteiger partial charge in [0.15, 0.2) is 19.8 Å². The zero-order chi connectivity index (χ0) is 21.1. The number of rotatable bonds is 7. The molecule has 0 N–H and O–H groups in total. The molecule has 1 fully saturated rings. The molecule has 0 aromatic heterocycles. The van der Waals surface area contributed by atoms with Gasteiger partial charge in [0.05, 0.1) is 19.5 Å². The van der Waals surface area contributed by atoms with Gasteiger partial charge in [0.2, 0.25) is 0 Å². The molecule has 7 heteroatoms. The predicted molar refractivity (Wildman–Crippen MR) is 116 cm³/mol. The summed E-state index contributed by atoms with van der Waals surface area (Å²) in [5.74, 6) is 1.65. The second-order valence-electron chi connectivity index (χ2n) is 8.94. The third-order valence-corrected chi connectivity index (χ3v) is 12.1. The van der Waals surface area contributed by atoms with Crippen molar-refractivity contribution in [2.24, 2.45) is 0 Å². The average Bonchev–Trinajstić information content (AvgIpc) is 2.61. The van der Waals surface area contributed by atoms with Crippen LogP contribution in [0, 0.1) is 0 Å². The van der Waals surface area contributed by atoms with Gasteiger partial charge in [0, 0.05) is 29.1 Å². The van der Waals surface area contributed by atoms with E-state index in [0.29, 0.717) is 30.1 Å². The van der Waals surface area contributed by atoms with Gasteiger partial charge in [-0.15, -0.1) is 0 Å². The van der Waals surface area contributed by atoms with Gasteiger partial charge >= 0.3 is 0 Å². The van der Waals surface area contributed by atoms with Gasteiger partial charge in [-0.05, 0) is 48.7 Å². The smallest absolute Gasteiger partial charge is 0.192 e. The lowest BCUT2D eigenvalue weighted by atomic mass is 9.96. The maximum atomic E-state index is 13.0. The van der Waals surface area contributed by atoms with Crippen molar-refractivity contribution in [2.75, 3.05) is 14.2 Å². The number of carbonyl (C=O) groups is 1. The zero-order valence-corrected chi connectivity index (χ0v) is 20.0. The van der Waals surface area contributed by atoms with E-state index in [2.05, 4.69) is 33.9 Å². The van der Waals surface area contributed by atoms with Crippen LogP contribution >= 0.6 is 0 Å². The molecule has 0 spiro atoms. The highest BCUT2D eigenvalue weighted by Gasteiger charge is 2.42. The normalized spacial score (nSPS) is 22.0. The lowest BCUT2D eigenvalue weighted by molar-refractivity contribution is -0.121. The lowest BCUT2D eigenvalue weighted by Gasteiger charge is -2.41. The van der Waals surface area contributed by atoms with Crippen molar-refractivity contribution in [1.82, 2.24) is 0 Å². The number of carbonyl (C=O) groups excluding carboxylic acids is 1. The van der Waals surface area contributed by atoms with Crippen molar-refractivity contribution in [3.63, 3.8) is 0 Å². The lowest BCUT2D eigenvalue weighted by Crippen LogP contribution is -2.47. The molecule has 3 atom stereocenters. The molecular weight excluding hydrogens is 392 g/mol. The maximum absolute atomic E-state index is 13.0. The molecule has 1 aliphatic rings. The van der Waals surface area contributed by atoms with Crippen LogP contribution in [0.4, 0.5) is 0 Å². The van der Waals surface area contributed by atoms with Crippen LogP contribution in [-0.4, -0.2) is 43.9 Å². The summed E-state index contributed by atoms with van der Waals surface area (Å²) >= 11 is 0. The first-order chi connectivity index (χ1) is 13.0. The molecule has 0 radical (unpaired) electrons. The molecular formula is C21H34O5SSi. The molecule has 1 unspecified atom stereocenters. The molecule has 0 bridgehead atoms. The van der Waals surface area contributed by atoms with E-state index in [1.165, 1.54) is 0 Å². The molecule has 0 saturated heterocycles. The molecule has 1 aromatic carbocycles. The molecule has 0 amide bonds. The third-order valence-electron chi connectivity index (χ3n) is 5.89. The van der Waals surface area contributed by atoms with Crippen LogP contribution in [0.25, 0.3) is 0 Å². The van der Waals surface area contributed by atoms with Crippen LogP contribution in [0.3, 0.4) is 0 Å². The minimum atomic E-state index is -1.92. The molecule has 158 valence electrons. The van der Waals surface area contributed by atoms with Crippen LogP contribution in [-0.2, 0) is 25.8 Å². The van der Waals surface area contributed by atoms with Crippen LogP contribution in [0.15, 0.2) is 18.2 Å². The quantitative estimate of drug-likeness (QED) is 0.602. The monoisotopic (exact) mass is 426 g/mol. The fourth-order valence-corrected chi connectivity index (χ4v) is 6.09. The second-order valence-corrected chi connectivity index (χ2v) is 15.3. The molecule has 0 heterocycles. The van der Waals surface area contributed by atoms with Crippen molar-refractivity contribution in [3.8, 4) is 11.5 Å². The van der Waals surface area contributed by atoms with Gasteiger partial charge in [-0.1, -0.05) is 26.8 Å². The number of benzene rings is 1. The fourth-order valence-electron chi connectivity index (χ4n) is 3.14. The Labute approximate surface area is 172 Å². The van der Waals surface area contributed by atoms with Crippen molar-refractivity contribution >= 4 is 24.9 Å². The Morgan fingerprint density at radius 2 is 1.79 bits per heavy atom.